The van der Waals surface area contributed by atoms with Gasteiger partial charge in [-0.15, -0.1) is 0 Å². The zero-order valence-electron chi connectivity index (χ0n) is 14.5. The number of nitrogens with zero attached hydrogens (tertiary/aromatic N) is 1. The summed E-state index contributed by atoms with van der Waals surface area (Å²) in [5.41, 5.74) is 2.56. The van der Waals surface area contributed by atoms with Crippen LogP contribution in [0.25, 0.3) is 11.5 Å². The van der Waals surface area contributed by atoms with Gasteiger partial charge in [0, 0.05) is 28.4 Å². The summed E-state index contributed by atoms with van der Waals surface area (Å²) in [6.45, 7) is 1.90. The molecule has 0 atom stereocenters. The van der Waals surface area contributed by atoms with Gasteiger partial charge in [0.25, 0.3) is 5.70 Å². The van der Waals surface area contributed by atoms with Crippen molar-refractivity contribution < 1.29 is 9.67 Å². The predicted octanol–water partition coefficient (Wildman–Crippen LogP) is 5.91. The van der Waals surface area contributed by atoms with Crippen LogP contribution in [0.5, 0.6) is 0 Å². The first-order valence-electron chi connectivity index (χ1n) is 8.20. The number of nitrogens with one attached hydrogen (secondary N) is 1. The van der Waals surface area contributed by atoms with E-state index in [4.69, 9.17) is 35.4 Å². The Kier molecular flexibility index (Phi) is 6.11. The third kappa shape index (κ3) is 4.30. The maximum absolute atomic E-state index is 11.0. The van der Waals surface area contributed by atoms with Gasteiger partial charge >= 0.3 is 0 Å². The fourth-order valence-electron chi connectivity index (χ4n) is 2.60. The molecule has 0 spiro atoms. The molecule has 0 radical (unpaired) electrons. The molecule has 0 amide bonds. The van der Waals surface area contributed by atoms with Gasteiger partial charge in [-0.25, -0.2) is 0 Å². The number of benzene rings is 2. The highest BCUT2D eigenvalue weighted by Gasteiger charge is 2.25. The molecule has 0 bridgehead atoms. The molecule has 0 unspecified atom stereocenters. The van der Waals surface area contributed by atoms with E-state index in [9.17, 15) is 5.11 Å². The Morgan fingerprint density at radius 2 is 1.59 bits per heavy atom. The van der Waals surface area contributed by atoms with E-state index in [1.54, 1.807) is 35.2 Å². The molecular formula is C21H17Cl2N2OS+. The minimum atomic E-state index is -0.0195. The van der Waals surface area contributed by atoms with Crippen molar-refractivity contribution in [1.82, 2.24) is 0 Å². The summed E-state index contributed by atoms with van der Waals surface area (Å²) in [5, 5.41) is 15.3. The van der Waals surface area contributed by atoms with Gasteiger partial charge in [-0.05, 0) is 36.8 Å². The van der Waals surface area contributed by atoms with E-state index in [2.05, 4.69) is 5.32 Å². The number of hydrogen-bond acceptors (Lipinski definition) is 2. The first kappa shape index (κ1) is 19.4. The Morgan fingerprint density at radius 1 is 0.926 bits per heavy atom. The molecule has 0 fully saturated rings. The molecule has 0 aliphatic carbocycles. The second-order valence-corrected chi connectivity index (χ2v) is 7.05. The van der Waals surface area contributed by atoms with E-state index in [0.717, 1.165) is 11.3 Å². The van der Waals surface area contributed by atoms with Crippen molar-refractivity contribution in [1.29, 1.82) is 0 Å². The highest BCUT2D eigenvalue weighted by molar-refractivity contribution is 7.81. The molecule has 0 aliphatic rings. The van der Waals surface area contributed by atoms with Crippen LogP contribution < -0.4 is 9.88 Å². The smallest absolute Gasteiger partial charge is 0.288 e. The van der Waals surface area contributed by atoms with Crippen molar-refractivity contribution in [2.45, 2.75) is 6.92 Å². The topological polar surface area (TPSA) is 36.1 Å². The first-order valence-corrected chi connectivity index (χ1v) is 9.36. The van der Waals surface area contributed by atoms with Gasteiger partial charge in [0.1, 0.15) is 0 Å². The first-order chi connectivity index (χ1) is 13.0. The molecule has 27 heavy (non-hydrogen) atoms. The lowest BCUT2D eigenvalue weighted by Crippen LogP contribution is -2.38. The summed E-state index contributed by atoms with van der Waals surface area (Å²) >= 11 is 18.1. The van der Waals surface area contributed by atoms with Crippen LogP contribution in [0.3, 0.4) is 0 Å². The predicted molar refractivity (Wildman–Crippen MR) is 116 cm³/mol. The number of hydrogen-bond donors (Lipinski definition) is 2. The zero-order chi connectivity index (χ0) is 19.4. The van der Waals surface area contributed by atoms with Crippen LogP contribution in [-0.4, -0.2) is 10.1 Å². The number of thiocarbonyl (C=S) groups is 1. The van der Waals surface area contributed by atoms with Crippen molar-refractivity contribution in [3.8, 4) is 0 Å². The Morgan fingerprint density at radius 3 is 2.30 bits per heavy atom. The monoisotopic (exact) mass is 415 g/mol. The average Bonchev–Trinajstić information content (AvgIpc) is 2.67. The van der Waals surface area contributed by atoms with Crippen LogP contribution in [0.4, 0.5) is 5.69 Å². The van der Waals surface area contributed by atoms with Crippen molar-refractivity contribution in [2.24, 2.45) is 0 Å². The van der Waals surface area contributed by atoms with E-state index in [0.29, 0.717) is 26.3 Å². The number of pyridine rings is 1. The lowest BCUT2D eigenvalue weighted by molar-refractivity contribution is -0.575. The van der Waals surface area contributed by atoms with E-state index in [-0.39, 0.29) is 5.76 Å². The highest BCUT2D eigenvalue weighted by atomic mass is 35.5. The van der Waals surface area contributed by atoms with Gasteiger partial charge in [0.2, 0.25) is 5.76 Å². The highest BCUT2D eigenvalue weighted by Crippen LogP contribution is 2.27. The number of rotatable bonds is 4. The lowest BCUT2D eigenvalue weighted by Gasteiger charge is -2.13. The van der Waals surface area contributed by atoms with Crippen LogP contribution in [0.1, 0.15) is 11.1 Å². The molecule has 3 aromatic rings. The molecule has 136 valence electrons. The van der Waals surface area contributed by atoms with Crippen molar-refractivity contribution in [3.63, 3.8) is 0 Å². The maximum atomic E-state index is 11.0. The maximum Gasteiger partial charge on any atom is 0.288 e. The quantitative estimate of drug-likeness (QED) is 0.240. The van der Waals surface area contributed by atoms with E-state index in [1.807, 2.05) is 49.4 Å². The third-order valence-corrected chi connectivity index (χ3v) is 5.09. The molecular weight excluding hydrogens is 399 g/mol. The second kappa shape index (κ2) is 8.53. The van der Waals surface area contributed by atoms with Crippen molar-refractivity contribution >= 4 is 57.6 Å². The second-order valence-electron chi connectivity index (χ2n) is 5.83. The minimum absolute atomic E-state index is 0.0195. The molecule has 2 N–H and O–H groups in total. The van der Waals surface area contributed by atoms with Crippen LogP contribution in [0, 0.1) is 6.92 Å². The summed E-state index contributed by atoms with van der Waals surface area (Å²) in [6, 6.07) is 18.2. The molecule has 1 heterocycles. The van der Waals surface area contributed by atoms with Gasteiger partial charge in [-0.2, -0.15) is 4.57 Å². The zero-order valence-corrected chi connectivity index (χ0v) is 16.8. The molecule has 2 aromatic carbocycles. The summed E-state index contributed by atoms with van der Waals surface area (Å²) in [7, 11) is 0. The fraction of sp³-hybridized carbons (Fsp3) is 0.0476. The van der Waals surface area contributed by atoms with Crippen molar-refractivity contribution in [2.75, 3.05) is 5.32 Å². The number of aromatic nitrogens is 1. The SMILES string of the molecule is Cc1c(Cl)cccc1NC(=S)/C(=C(\O)c1ccccc1Cl)[n+]1ccccc1. The van der Waals surface area contributed by atoms with Gasteiger partial charge in [-0.1, -0.05) is 59.7 Å². The number of aliphatic hydroxyl groups is 1. The van der Waals surface area contributed by atoms with Crippen LogP contribution in [0.2, 0.25) is 10.0 Å². The Hall–Kier alpha value is -2.40. The molecule has 0 aliphatic heterocycles. The van der Waals surface area contributed by atoms with Crippen LogP contribution in [0.15, 0.2) is 73.1 Å². The molecule has 0 saturated heterocycles. The normalized spacial score (nSPS) is 11.7. The number of halogens is 2. The van der Waals surface area contributed by atoms with E-state index < -0.39 is 0 Å². The van der Waals surface area contributed by atoms with E-state index >= 15 is 0 Å². The average molecular weight is 416 g/mol. The summed E-state index contributed by atoms with van der Waals surface area (Å²) in [5.74, 6) is -0.0195. The van der Waals surface area contributed by atoms with E-state index in [1.165, 1.54) is 0 Å². The van der Waals surface area contributed by atoms with Crippen LogP contribution in [-0.2, 0) is 0 Å². The Labute approximate surface area is 173 Å². The van der Waals surface area contributed by atoms with Crippen LogP contribution >= 0.6 is 35.4 Å². The molecule has 3 nitrogen and oxygen atoms in total. The van der Waals surface area contributed by atoms with Gasteiger partial charge < -0.3 is 10.4 Å². The summed E-state index contributed by atoms with van der Waals surface area (Å²) in [4.78, 5) is 0.342. The van der Waals surface area contributed by atoms with Crippen molar-refractivity contribution in [3.05, 3.63) is 94.2 Å². The Balaban J connectivity index is 2.11. The number of anilines is 1. The third-order valence-electron chi connectivity index (χ3n) is 4.06. The molecule has 0 saturated carbocycles. The lowest BCUT2D eigenvalue weighted by atomic mass is 10.1. The molecule has 1 aromatic heterocycles. The largest absolute Gasteiger partial charge is 0.502 e. The molecule has 3 rings (SSSR count). The van der Waals surface area contributed by atoms with Gasteiger partial charge in [0.15, 0.2) is 17.4 Å². The Bertz CT molecular complexity index is 1020. The standard InChI is InChI=1S/C21H16Cl2N2OS/c1-14-16(22)10-7-11-18(14)24-21(27)19(25-12-5-2-6-13-25)20(26)15-8-3-4-9-17(15)23/h2-13H,1H3,(H-,24,26,27)/p+1. The molecule has 6 heteroatoms. The summed E-state index contributed by atoms with van der Waals surface area (Å²) in [6.07, 6.45) is 3.61. The summed E-state index contributed by atoms with van der Waals surface area (Å²) < 4.78 is 1.74. The fourth-order valence-corrected chi connectivity index (χ4v) is 3.31. The van der Waals surface area contributed by atoms with Gasteiger partial charge in [-0.3, -0.25) is 0 Å². The van der Waals surface area contributed by atoms with Gasteiger partial charge in [0.05, 0.1) is 5.02 Å². The minimum Gasteiger partial charge on any atom is -0.502 e. The number of aliphatic hydroxyl groups excluding tert-OH is 1.